The number of terminal acetylenes is 1. The molecule has 5 aromatic rings. The van der Waals surface area contributed by atoms with Crippen molar-refractivity contribution in [1.82, 2.24) is 9.55 Å². The van der Waals surface area contributed by atoms with E-state index in [9.17, 15) is 17.1 Å². The number of hydrogen-bond acceptors (Lipinski definition) is 4. The van der Waals surface area contributed by atoms with Gasteiger partial charge in [-0.15, -0.1) is 10.3 Å². The van der Waals surface area contributed by atoms with Gasteiger partial charge in [-0.1, -0.05) is 37.5 Å². The molecule has 0 atom stereocenters. The Balaban J connectivity index is 1.70. The molecule has 8 heteroatoms. The van der Waals surface area contributed by atoms with E-state index in [2.05, 4.69) is 22.4 Å². The molecule has 3 aromatic carbocycles. The van der Waals surface area contributed by atoms with Gasteiger partial charge in [-0.3, -0.25) is 4.79 Å². The van der Waals surface area contributed by atoms with E-state index in [0.29, 0.717) is 39.8 Å². The highest BCUT2D eigenvalue weighted by molar-refractivity contribution is 7.86. The maximum absolute atomic E-state index is 14.1. The number of ether oxygens (including phenoxy) is 1. The van der Waals surface area contributed by atoms with Crippen LogP contribution in [0.2, 0.25) is 0 Å². The van der Waals surface area contributed by atoms with Gasteiger partial charge in [-0.25, -0.2) is 0 Å². The number of nitrogens with zero attached hydrogens (tertiary/aromatic N) is 1. The van der Waals surface area contributed by atoms with Crippen LogP contribution in [0.1, 0.15) is 50.6 Å². The second kappa shape index (κ2) is 9.58. The zero-order valence-electron chi connectivity index (χ0n) is 21.5. The van der Waals surface area contributed by atoms with Crippen molar-refractivity contribution in [3.63, 3.8) is 0 Å². The summed E-state index contributed by atoms with van der Waals surface area (Å²) >= 11 is 0. The summed E-state index contributed by atoms with van der Waals surface area (Å²) in [5.41, 5.74) is 3.92. The number of hydrogen-bond donors (Lipinski definition) is 1. The van der Waals surface area contributed by atoms with Crippen LogP contribution in [0.4, 0.5) is 3.89 Å². The third-order valence-electron chi connectivity index (χ3n) is 7.64. The molecule has 2 heterocycles. The molecule has 1 aliphatic carbocycles. The molecule has 0 aliphatic heterocycles. The minimum atomic E-state index is -4.90. The normalized spacial score (nSPS) is 14.1. The molecule has 39 heavy (non-hydrogen) atoms. The van der Waals surface area contributed by atoms with Crippen molar-refractivity contribution in [2.75, 3.05) is 6.61 Å². The smallest absolute Gasteiger partial charge is 0.332 e. The number of pyridine rings is 1. The molecular weight excluding hydrogens is 515 g/mol. The molecule has 6 rings (SSSR count). The van der Waals surface area contributed by atoms with Gasteiger partial charge in [0.25, 0.3) is 0 Å². The first-order valence-corrected chi connectivity index (χ1v) is 14.5. The van der Waals surface area contributed by atoms with Gasteiger partial charge in [0.2, 0.25) is 0 Å². The van der Waals surface area contributed by atoms with Gasteiger partial charge in [-0.05, 0) is 67.6 Å². The summed E-state index contributed by atoms with van der Waals surface area (Å²) < 4.78 is 45.6. The Hall–Kier alpha value is -4.09. The Kier molecular flexibility index (Phi) is 6.19. The van der Waals surface area contributed by atoms with E-state index in [1.807, 2.05) is 24.3 Å². The Labute approximate surface area is 225 Å². The molecule has 0 radical (unpaired) electrons. The summed E-state index contributed by atoms with van der Waals surface area (Å²) in [5, 5.41) is 1.92. The zero-order chi connectivity index (χ0) is 27.3. The highest BCUT2D eigenvalue weighted by atomic mass is 32.3. The van der Waals surface area contributed by atoms with E-state index in [0.717, 1.165) is 54.2 Å². The molecule has 2 aromatic heterocycles. The second-order valence-corrected chi connectivity index (χ2v) is 11.4. The summed E-state index contributed by atoms with van der Waals surface area (Å²) in [5.74, 6) is 3.11. The Morgan fingerprint density at radius 1 is 1.13 bits per heavy atom. The number of aromatic nitrogens is 2. The van der Waals surface area contributed by atoms with Crippen LogP contribution in [0.5, 0.6) is 5.75 Å². The van der Waals surface area contributed by atoms with Crippen LogP contribution in [-0.2, 0) is 10.2 Å². The lowest BCUT2D eigenvalue weighted by atomic mass is 9.91. The first kappa shape index (κ1) is 25.2. The van der Waals surface area contributed by atoms with Crippen molar-refractivity contribution >= 4 is 43.1 Å². The summed E-state index contributed by atoms with van der Waals surface area (Å²) in [7, 11) is -4.90. The molecule has 0 unspecified atom stereocenters. The largest absolute Gasteiger partial charge is 0.493 e. The summed E-state index contributed by atoms with van der Waals surface area (Å²) in [6.45, 7) is 2.48. The van der Waals surface area contributed by atoms with Crippen molar-refractivity contribution in [2.45, 2.75) is 50.0 Å². The Morgan fingerprint density at radius 2 is 1.95 bits per heavy atom. The molecule has 198 valence electrons. The molecule has 1 N–H and O–H groups in total. The average molecular weight is 543 g/mol. The minimum Gasteiger partial charge on any atom is -0.493 e. The number of nitrogens with one attached hydrogen (secondary N) is 1. The van der Waals surface area contributed by atoms with Crippen LogP contribution in [-0.4, -0.2) is 24.6 Å². The molecule has 0 spiro atoms. The Morgan fingerprint density at radius 3 is 2.64 bits per heavy atom. The number of benzene rings is 3. The van der Waals surface area contributed by atoms with Gasteiger partial charge in [-0.2, -0.15) is 8.42 Å². The molecule has 0 bridgehead atoms. The van der Waals surface area contributed by atoms with Gasteiger partial charge < -0.3 is 14.3 Å². The number of halogens is 1. The van der Waals surface area contributed by atoms with Crippen LogP contribution >= 0.6 is 0 Å². The van der Waals surface area contributed by atoms with E-state index in [1.54, 1.807) is 12.1 Å². The lowest BCUT2D eigenvalue weighted by molar-refractivity contribution is 0.310. The first-order chi connectivity index (χ1) is 18.8. The highest BCUT2D eigenvalue weighted by Crippen LogP contribution is 2.41. The zero-order valence-corrected chi connectivity index (χ0v) is 22.3. The van der Waals surface area contributed by atoms with Crippen LogP contribution in [0.15, 0.2) is 64.3 Å². The van der Waals surface area contributed by atoms with Crippen molar-refractivity contribution in [3.05, 3.63) is 70.4 Å². The van der Waals surface area contributed by atoms with Gasteiger partial charge >= 0.3 is 10.2 Å². The van der Waals surface area contributed by atoms with Crippen molar-refractivity contribution in [2.24, 2.45) is 0 Å². The van der Waals surface area contributed by atoms with Crippen LogP contribution < -0.4 is 10.2 Å². The van der Waals surface area contributed by atoms with Crippen LogP contribution in [0.3, 0.4) is 0 Å². The molecule has 1 fully saturated rings. The lowest BCUT2D eigenvalue weighted by Crippen LogP contribution is -2.21. The standard InChI is InChI=1S/C31H27FN2O4S/c1-3-5-14-38-28-18-25-27(17-24(28)20-8-6-11-22(16-20)39(32,36)37)34(21-9-7-10-21)31-29(30(25)35)23-13-12-19(4-2)15-26(23)33-31/h2,6,8,11-13,15-18,21,33H,3,5,7,9-10,14H2,1H3. The lowest BCUT2D eigenvalue weighted by Gasteiger charge is -2.31. The van der Waals surface area contributed by atoms with Crippen molar-refractivity contribution < 1.29 is 17.0 Å². The third kappa shape index (κ3) is 4.27. The van der Waals surface area contributed by atoms with E-state index in [-0.39, 0.29) is 11.5 Å². The predicted octanol–water partition coefficient (Wildman–Crippen LogP) is 6.85. The predicted molar refractivity (Wildman–Crippen MR) is 153 cm³/mol. The monoisotopic (exact) mass is 542 g/mol. The van der Waals surface area contributed by atoms with Crippen molar-refractivity contribution in [1.29, 1.82) is 0 Å². The number of rotatable bonds is 7. The second-order valence-electron chi connectivity index (χ2n) is 10.1. The quantitative estimate of drug-likeness (QED) is 0.139. The Bertz CT molecular complexity index is 1980. The first-order valence-electron chi connectivity index (χ1n) is 13.1. The summed E-state index contributed by atoms with van der Waals surface area (Å²) in [6.07, 6.45) is 10.4. The minimum absolute atomic E-state index is 0.123. The van der Waals surface area contributed by atoms with Crippen LogP contribution in [0.25, 0.3) is 44.0 Å². The van der Waals surface area contributed by atoms with Gasteiger partial charge in [0.15, 0.2) is 5.43 Å². The molecular formula is C31H27FN2O4S. The van der Waals surface area contributed by atoms with Gasteiger partial charge in [0, 0.05) is 28.1 Å². The molecule has 1 saturated carbocycles. The van der Waals surface area contributed by atoms with E-state index < -0.39 is 15.1 Å². The fourth-order valence-corrected chi connectivity index (χ4v) is 5.91. The van der Waals surface area contributed by atoms with E-state index in [1.165, 1.54) is 18.2 Å². The molecule has 1 aliphatic rings. The van der Waals surface area contributed by atoms with Crippen LogP contribution in [0, 0.1) is 12.3 Å². The van der Waals surface area contributed by atoms with Gasteiger partial charge in [0.05, 0.1) is 27.8 Å². The number of fused-ring (bicyclic) bond motifs is 4. The number of unbranched alkanes of at least 4 members (excludes halogenated alkanes) is 1. The SMILES string of the molecule is C#Cc1ccc2c(c1)[nH]c1c2c(=O)c2cc(OCCCC)c(-c3cccc(S(=O)(=O)F)c3)cc2n1C1CCC1. The fourth-order valence-electron chi connectivity index (χ4n) is 5.40. The summed E-state index contributed by atoms with van der Waals surface area (Å²) in [4.78, 5) is 17.1. The van der Waals surface area contributed by atoms with Gasteiger partial charge in [0.1, 0.15) is 11.4 Å². The maximum atomic E-state index is 14.1. The van der Waals surface area contributed by atoms with E-state index >= 15 is 0 Å². The maximum Gasteiger partial charge on any atom is 0.332 e. The fraction of sp³-hybridized carbons (Fsp3) is 0.258. The topological polar surface area (TPSA) is 81.2 Å². The molecule has 0 saturated heterocycles. The highest BCUT2D eigenvalue weighted by Gasteiger charge is 2.27. The van der Waals surface area contributed by atoms with Crippen molar-refractivity contribution in [3.8, 4) is 29.2 Å². The summed E-state index contributed by atoms with van der Waals surface area (Å²) in [6, 6.07) is 15.2. The van der Waals surface area contributed by atoms with E-state index in [4.69, 9.17) is 11.2 Å². The third-order valence-corrected chi connectivity index (χ3v) is 8.45. The molecule has 0 amide bonds. The average Bonchev–Trinajstić information content (AvgIpc) is 3.28. The number of aromatic amines is 1. The molecule has 6 nitrogen and oxygen atoms in total. The number of H-pyrrole nitrogens is 1.